The van der Waals surface area contributed by atoms with Gasteiger partial charge in [0.2, 0.25) is 11.7 Å². The Balaban J connectivity index is 1.80. The first-order chi connectivity index (χ1) is 13.1. The zero-order valence-electron chi connectivity index (χ0n) is 15.9. The van der Waals surface area contributed by atoms with Crippen LogP contribution in [-0.2, 0) is 11.3 Å². The van der Waals surface area contributed by atoms with E-state index in [1.54, 1.807) is 38.3 Å². The number of hydrogen-bond acceptors (Lipinski definition) is 6. The Morgan fingerprint density at radius 1 is 1.19 bits per heavy atom. The Labute approximate surface area is 158 Å². The zero-order chi connectivity index (χ0) is 19.4. The topological polar surface area (TPSA) is 101 Å². The third-order valence-electron chi connectivity index (χ3n) is 4.92. The molecule has 1 heterocycles. The molecule has 2 aromatic rings. The second kappa shape index (κ2) is 8.30. The van der Waals surface area contributed by atoms with Gasteiger partial charge >= 0.3 is 0 Å². The van der Waals surface area contributed by atoms with E-state index in [1.165, 1.54) is 0 Å². The van der Waals surface area contributed by atoms with Crippen molar-refractivity contribution in [3.63, 3.8) is 0 Å². The van der Waals surface area contributed by atoms with E-state index < -0.39 is 0 Å². The number of hydrogen-bond donors (Lipinski definition) is 2. The first-order valence-electron chi connectivity index (χ1n) is 8.93. The molecule has 1 aromatic heterocycles. The normalized spacial score (nSPS) is 19.0. The molecule has 1 fully saturated rings. The summed E-state index contributed by atoms with van der Waals surface area (Å²) in [6, 6.07) is 5.60. The number of carbonyl (C=O) groups excluding carboxylic acids is 1. The molecule has 2 atom stereocenters. The lowest BCUT2D eigenvalue weighted by molar-refractivity contribution is -0.119. The Morgan fingerprint density at radius 3 is 2.59 bits per heavy atom. The highest BCUT2D eigenvalue weighted by atomic mass is 16.5. The number of aromatic nitrogens is 2. The summed E-state index contributed by atoms with van der Waals surface area (Å²) in [5, 5.41) is 7.30. The fraction of sp³-hybridized carbons (Fsp3) is 0.474. The number of anilines is 1. The lowest BCUT2D eigenvalue weighted by atomic mass is 10.1. The van der Waals surface area contributed by atoms with Gasteiger partial charge in [-0.25, -0.2) is 4.68 Å². The van der Waals surface area contributed by atoms with Gasteiger partial charge in [0.05, 0.1) is 34.1 Å². The molecule has 1 aliphatic carbocycles. The Bertz CT molecular complexity index is 805. The van der Waals surface area contributed by atoms with E-state index in [4.69, 9.17) is 19.9 Å². The van der Waals surface area contributed by atoms with Crippen LogP contribution < -0.4 is 25.3 Å². The predicted octanol–water partition coefficient (Wildman–Crippen LogP) is 2.02. The molecule has 1 amide bonds. The van der Waals surface area contributed by atoms with Gasteiger partial charge in [-0.3, -0.25) is 4.79 Å². The molecule has 1 saturated carbocycles. The number of ether oxygens (including phenoxy) is 3. The van der Waals surface area contributed by atoms with Crippen molar-refractivity contribution >= 4 is 11.7 Å². The summed E-state index contributed by atoms with van der Waals surface area (Å²) >= 11 is 0. The van der Waals surface area contributed by atoms with Crippen molar-refractivity contribution in [2.75, 3.05) is 26.6 Å². The maximum atomic E-state index is 12.5. The number of benzene rings is 1. The molecule has 27 heavy (non-hydrogen) atoms. The number of nitrogens with one attached hydrogen (secondary N) is 1. The quantitative estimate of drug-likeness (QED) is 0.769. The summed E-state index contributed by atoms with van der Waals surface area (Å²) in [7, 11) is 4.72. The standard InChI is InChI=1S/C19H26N4O4/c1-25-15-7-5-13(17(26-2)18(15)27-3)11-23-16(8-9-21-23)22-19(24)12-4-6-14(20)10-12/h5,7-9,12,14H,4,6,10-11,20H2,1-3H3,(H,22,24). The van der Waals surface area contributed by atoms with E-state index in [1.807, 2.05) is 12.1 Å². The molecule has 1 aromatic carbocycles. The molecule has 0 radical (unpaired) electrons. The molecule has 8 nitrogen and oxygen atoms in total. The van der Waals surface area contributed by atoms with Crippen LogP contribution in [0.25, 0.3) is 0 Å². The van der Waals surface area contributed by atoms with E-state index in [9.17, 15) is 4.79 Å². The summed E-state index contributed by atoms with van der Waals surface area (Å²) in [4.78, 5) is 12.5. The third-order valence-corrected chi connectivity index (χ3v) is 4.92. The van der Waals surface area contributed by atoms with Crippen molar-refractivity contribution in [1.82, 2.24) is 9.78 Å². The molecule has 3 N–H and O–H groups in total. The van der Waals surface area contributed by atoms with E-state index >= 15 is 0 Å². The lowest BCUT2D eigenvalue weighted by Crippen LogP contribution is -2.24. The average Bonchev–Trinajstić information content (AvgIpc) is 3.30. The highest BCUT2D eigenvalue weighted by Gasteiger charge is 2.28. The molecule has 146 valence electrons. The van der Waals surface area contributed by atoms with Crippen molar-refractivity contribution < 1.29 is 19.0 Å². The summed E-state index contributed by atoms with van der Waals surface area (Å²) in [5.74, 6) is 2.27. The van der Waals surface area contributed by atoms with Gasteiger partial charge in [-0.2, -0.15) is 5.10 Å². The van der Waals surface area contributed by atoms with Crippen LogP contribution in [0.3, 0.4) is 0 Å². The fourth-order valence-electron chi connectivity index (χ4n) is 3.50. The van der Waals surface area contributed by atoms with Crippen LogP contribution in [0, 0.1) is 5.92 Å². The largest absolute Gasteiger partial charge is 0.493 e. The van der Waals surface area contributed by atoms with E-state index in [0.29, 0.717) is 29.6 Å². The van der Waals surface area contributed by atoms with Crippen LogP contribution in [0.2, 0.25) is 0 Å². The van der Waals surface area contributed by atoms with Gasteiger partial charge < -0.3 is 25.3 Å². The van der Waals surface area contributed by atoms with Crippen LogP contribution in [0.15, 0.2) is 24.4 Å². The second-order valence-electron chi connectivity index (χ2n) is 6.63. The summed E-state index contributed by atoms with van der Waals surface area (Å²) in [6.45, 7) is 0.413. The molecule has 3 rings (SSSR count). The van der Waals surface area contributed by atoms with E-state index in [2.05, 4.69) is 10.4 Å². The van der Waals surface area contributed by atoms with Gasteiger partial charge in [-0.1, -0.05) is 0 Å². The number of amides is 1. The Hall–Kier alpha value is -2.74. The predicted molar refractivity (Wildman–Crippen MR) is 101 cm³/mol. The van der Waals surface area contributed by atoms with Crippen LogP contribution >= 0.6 is 0 Å². The molecule has 0 aliphatic heterocycles. The summed E-state index contributed by atoms with van der Waals surface area (Å²) < 4.78 is 18.0. The molecule has 0 saturated heterocycles. The van der Waals surface area contributed by atoms with E-state index in [0.717, 1.165) is 24.8 Å². The van der Waals surface area contributed by atoms with E-state index in [-0.39, 0.29) is 17.9 Å². The van der Waals surface area contributed by atoms with Gasteiger partial charge in [0.1, 0.15) is 5.82 Å². The van der Waals surface area contributed by atoms with Gasteiger partial charge in [0.25, 0.3) is 0 Å². The first-order valence-corrected chi connectivity index (χ1v) is 8.93. The van der Waals surface area contributed by atoms with Crippen LogP contribution in [-0.4, -0.2) is 43.1 Å². The lowest BCUT2D eigenvalue weighted by Gasteiger charge is -2.17. The number of rotatable bonds is 7. The summed E-state index contributed by atoms with van der Waals surface area (Å²) in [5.41, 5.74) is 6.78. The van der Waals surface area contributed by atoms with Crippen molar-refractivity contribution in [1.29, 1.82) is 0 Å². The molecule has 0 bridgehead atoms. The number of nitrogens with two attached hydrogens (primary N) is 1. The zero-order valence-corrected chi connectivity index (χ0v) is 15.9. The van der Waals surface area contributed by atoms with Gasteiger partial charge in [-0.05, 0) is 31.4 Å². The van der Waals surface area contributed by atoms with Gasteiger partial charge in [-0.15, -0.1) is 0 Å². The fourth-order valence-corrected chi connectivity index (χ4v) is 3.50. The molecular weight excluding hydrogens is 348 g/mol. The highest BCUT2D eigenvalue weighted by Crippen LogP contribution is 2.40. The minimum atomic E-state index is -0.0426. The smallest absolute Gasteiger partial charge is 0.228 e. The highest BCUT2D eigenvalue weighted by molar-refractivity contribution is 5.92. The van der Waals surface area contributed by atoms with Crippen molar-refractivity contribution in [2.45, 2.75) is 31.8 Å². The van der Waals surface area contributed by atoms with Crippen LogP contribution in [0.4, 0.5) is 5.82 Å². The minimum absolute atomic E-state index is 0.0102. The second-order valence-corrected chi connectivity index (χ2v) is 6.63. The molecule has 8 heteroatoms. The number of methoxy groups -OCH3 is 3. The van der Waals surface area contributed by atoms with Crippen molar-refractivity contribution in [3.8, 4) is 17.2 Å². The van der Waals surface area contributed by atoms with Crippen molar-refractivity contribution in [3.05, 3.63) is 30.0 Å². The van der Waals surface area contributed by atoms with Gasteiger partial charge in [0.15, 0.2) is 11.5 Å². The molecular formula is C19H26N4O4. The Morgan fingerprint density at radius 2 is 1.96 bits per heavy atom. The maximum absolute atomic E-state index is 12.5. The van der Waals surface area contributed by atoms with Gasteiger partial charge in [0, 0.05) is 23.6 Å². The summed E-state index contributed by atoms with van der Waals surface area (Å²) in [6.07, 6.45) is 4.09. The molecule has 0 spiro atoms. The van der Waals surface area contributed by atoms with Crippen LogP contribution in [0.5, 0.6) is 17.2 Å². The minimum Gasteiger partial charge on any atom is -0.493 e. The van der Waals surface area contributed by atoms with Crippen molar-refractivity contribution in [2.24, 2.45) is 11.7 Å². The number of carbonyl (C=O) groups is 1. The monoisotopic (exact) mass is 374 g/mol. The SMILES string of the molecule is COc1ccc(Cn2nccc2NC(=O)C2CCC(N)C2)c(OC)c1OC. The van der Waals surface area contributed by atoms with Crippen LogP contribution in [0.1, 0.15) is 24.8 Å². The Kier molecular flexibility index (Phi) is 5.85. The first kappa shape index (κ1) is 19.0. The molecule has 1 aliphatic rings. The molecule has 2 unspecified atom stereocenters. The number of nitrogens with zero attached hydrogens (tertiary/aromatic N) is 2. The average molecular weight is 374 g/mol. The third kappa shape index (κ3) is 4.00. The maximum Gasteiger partial charge on any atom is 0.228 e.